The molecule has 0 fully saturated rings. The van der Waals surface area contributed by atoms with E-state index in [0.29, 0.717) is 24.1 Å². The van der Waals surface area contributed by atoms with Crippen LogP contribution >= 0.6 is 12.2 Å². The second kappa shape index (κ2) is 10.0. The summed E-state index contributed by atoms with van der Waals surface area (Å²) in [6, 6.07) is 0.796. The second-order valence-electron chi connectivity index (χ2n) is 3.77. The molecule has 4 nitrogen and oxygen atoms in total. The van der Waals surface area contributed by atoms with Crippen molar-refractivity contribution in [3.8, 4) is 0 Å². The van der Waals surface area contributed by atoms with Crippen LogP contribution in [-0.4, -0.2) is 51.4 Å². The number of thiocarbonyl (C=S) groups is 1. The summed E-state index contributed by atoms with van der Waals surface area (Å²) in [5, 5.41) is 0. The lowest BCUT2D eigenvalue weighted by Gasteiger charge is -2.30. The highest BCUT2D eigenvalue weighted by Gasteiger charge is 2.39. The minimum absolute atomic E-state index is 0.492. The molecule has 0 aliphatic heterocycles. The molecule has 0 bridgehead atoms. The Morgan fingerprint density at radius 3 is 1.89 bits per heavy atom. The topological polar surface area (TPSA) is 30.9 Å². The van der Waals surface area contributed by atoms with Crippen molar-refractivity contribution in [2.45, 2.75) is 33.2 Å². The Hall–Kier alpha value is 0.207. The number of hydrogen-bond donors (Lipinski definition) is 0. The van der Waals surface area contributed by atoms with Gasteiger partial charge in [-0.25, -0.2) is 0 Å². The third kappa shape index (κ3) is 6.96. The normalized spacial score (nSPS) is 11.6. The molecule has 108 valence electrons. The largest absolute Gasteiger partial charge is 0.500 e. The maximum atomic E-state index is 5.77. The lowest BCUT2D eigenvalue weighted by Crippen LogP contribution is -2.46. The van der Waals surface area contributed by atoms with E-state index in [0.717, 1.165) is 19.0 Å². The van der Waals surface area contributed by atoms with Crippen LogP contribution in [0.5, 0.6) is 0 Å². The summed E-state index contributed by atoms with van der Waals surface area (Å²) in [6.45, 7) is 8.54. The molecular formula is C11H24NO3S2Si-. The lowest BCUT2D eigenvalue weighted by atomic mass is 10.5. The van der Waals surface area contributed by atoms with Crippen LogP contribution in [0, 0.1) is 0 Å². The Bertz CT molecular complexity index is 227. The fourth-order valence-electron chi connectivity index (χ4n) is 1.63. The monoisotopic (exact) mass is 310 g/mol. The van der Waals surface area contributed by atoms with Gasteiger partial charge in [0.2, 0.25) is 0 Å². The Morgan fingerprint density at radius 2 is 1.56 bits per heavy atom. The van der Waals surface area contributed by atoms with Gasteiger partial charge in [-0.2, -0.15) is 0 Å². The predicted molar refractivity (Wildman–Crippen MR) is 82.6 cm³/mol. The molecule has 0 amide bonds. The minimum atomic E-state index is -2.50. The van der Waals surface area contributed by atoms with E-state index < -0.39 is 8.80 Å². The number of nitrogens with zero attached hydrogens (tertiary/aromatic N) is 1. The first-order valence-electron chi connectivity index (χ1n) is 6.35. The summed E-state index contributed by atoms with van der Waals surface area (Å²) in [6.07, 6.45) is 0.902. The van der Waals surface area contributed by atoms with Gasteiger partial charge in [0.1, 0.15) is 0 Å². The Morgan fingerprint density at radius 1 is 1.11 bits per heavy atom. The first-order valence-corrected chi connectivity index (χ1v) is 9.10. The van der Waals surface area contributed by atoms with Crippen LogP contribution < -0.4 is 0 Å². The van der Waals surface area contributed by atoms with Crippen LogP contribution in [-0.2, 0) is 25.9 Å². The standard InChI is InChI=1S/C11H25NO3S2Si/c1-5-13-18(14-6-2,15-7-3)10-8-9-12(4)11(16)17/h5-10H2,1-4H3,(H,16,17)/p-1. The second-order valence-corrected chi connectivity index (χ2v) is 7.54. The number of rotatable bonds is 10. The van der Waals surface area contributed by atoms with E-state index in [4.69, 9.17) is 38.1 Å². The van der Waals surface area contributed by atoms with Crippen LogP contribution in [0.3, 0.4) is 0 Å². The molecule has 0 radical (unpaired) electrons. The maximum absolute atomic E-state index is 5.77. The van der Waals surface area contributed by atoms with E-state index in [1.54, 1.807) is 0 Å². The molecule has 0 unspecified atom stereocenters. The minimum Gasteiger partial charge on any atom is -0.411 e. The SMILES string of the molecule is CCO[Si](CCCN(C)C(=S)[S-])(OCC)OCC. The highest BCUT2D eigenvalue weighted by atomic mass is 32.1. The molecule has 0 atom stereocenters. The van der Waals surface area contributed by atoms with Crippen LogP contribution in [0.2, 0.25) is 6.04 Å². The molecule has 0 rings (SSSR count). The molecule has 0 aromatic heterocycles. The zero-order valence-corrected chi connectivity index (χ0v) is 14.4. The molecule has 7 heteroatoms. The molecule has 0 aliphatic carbocycles. The Kier molecular flexibility index (Phi) is 10.2. The first-order chi connectivity index (χ1) is 8.51. The van der Waals surface area contributed by atoms with Crippen molar-refractivity contribution >= 4 is 38.0 Å². The van der Waals surface area contributed by atoms with Crippen molar-refractivity contribution in [2.75, 3.05) is 33.4 Å². The molecule has 0 spiro atoms. The summed E-state index contributed by atoms with van der Waals surface area (Å²) in [4.78, 5) is 1.88. The highest BCUT2D eigenvalue weighted by molar-refractivity contribution is 8.00. The van der Waals surface area contributed by atoms with Crippen molar-refractivity contribution < 1.29 is 13.3 Å². The molecule has 0 aromatic rings. The molecule has 0 aromatic carbocycles. The fourth-order valence-corrected chi connectivity index (χ4v) is 4.40. The molecule has 0 saturated heterocycles. The average molecular weight is 311 g/mol. The Balaban J connectivity index is 4.33. The third-order valence-corrected chi connectivity index (χ3v) is 6.16. The molecule has 0 N–H and O–H groups in total. The van der Waals surface area contributed by atoms with Gasteiger partial charge in [0.05, 0.1) is 0 Å². The summed E-state index contributed by atoms with van der Waals surface area (Å²) in [7, 11) is -0.598. The fraction of sp³-hybridized carbons (Fsp3) is 0.909. The van der Waals surface area contributed by atoms with E-state index in [9.17, 15) is 0 Å². The summed E-state index contributed by atoms with van der Waals surface area (Å²) in [5.74, 6) is 0. The van der Waals surface area contributed by atoms with Gasteiger partial charge in [0.15, 0.2) is 0 Å². The Labute approximate surface area is 123 Å². The van der Waals surface area contributed by atoms with Gasteiger partial charge in [-0.15, -0.1) is 0 Å². The van der Waals surface area contributed by atoms with E-state index in [1.807, 2.05) is 32.7 Å². The number of hydrogen-bond acceptors (Lipinski definition) is 5. The smallest absolute Gasteiger partial charge is 0.411 e. The van der Waals surface area contributed by atoms with Gasteiger partial charge in [-0.3, -0.25) is 0 Å². The quantitative estimate of drug-likeness (QED) is 0.349. The zero-order chi connectivity index (χ0) is 14.0. The predicted octanol–water partition coefficient (Wildman–Crippen LogP) is 2.19. The molecule has 0 aliphatic rings. The molecule has 0 heterocycles. The van der Waals surface area contributed by atoms with Gasteiger partial charge < -0.3 is 43.0 Å². The molecule has 0 saturated carbocycles. The van der Waals surface area contributed by atoms with Crippen molar-refractivity contribution in [1.29, 1.82) is 0 Å². The third-order valence-electron chi connectivity index (χ3n) is 2.38. The summed E-state index contributed by atoms with van der Waals surface area (Å²) >= 11 is 9.87. The van der Waals surface area contributed by atoms with Gasteiger partial charge in [-0.1, -0.05) is 4.32 Å². The van der Waals surface area contributed by atoms with E-state index in [2.05, 4.69) is 0 Å². The van der Waals surface area contributed by atoms with Gasteiger partial charge >= 0.3 is 8.80 Å². The maximum Gasteiger partial charge on any atom is 0.500 e. The van der Waals surface area contributed by atoms with E-state index in [-0.39, 0.29) is 0 Å². The van der Waals surface area contributed by atoms with Gasteiger partial charge in [-0.05, 0) is 27.2 Å². The van der Waals surface area contributed by atoms with Crippen LogP contribution in [0.1, 0.15) is 27.2 Å². The average Bonchev–Trinajstić information content (AvgIpc) is 2.29. The first kappa shape index (κ1) is 18.2. The van der Waals surface area contributed by atoms with Crippen LogP contribution in [0.25, 0.3) is 0 Å². The molecular weight excluding hydrogens is 286 g/mol. The molecule has 18 heavy (non-hydrogen) atoms. The van der Waals surface area contributed by atoms with Crippen molar-refractivity contribution in [2.24, 2.45) is 0 Å². The zero-order valence-electron chi connectivity index (χ0n) is 11.7. The summed E-state index contributed by atoms with van der Waals surface area (Å²) < 4.78 is 17.8. The highest BCUT2D eigenvalue weighted by Crippen LogP contribution is 2.18. The van der Waals surface area contributed by atoms with Gasteiger partial charge in [0.25, 0.3) is 0 Å². The van der Waals surface area contributed by atoms with E-state index in [1.165, 1.54) is 0 Å². The van der Waals surface area contributed by atoms with E-state index >= 15 is 0 Å². The summed E-state index contributed by atoms with van der Waals surface area (Å²) in [5.41, 5.74) is 0. The van der Waals surface area contributed by atoms with Crippen molar-refractivity contribution in [3.63, 3.8) is 0 Å². The van der Waals surface area contributed by atoms with Crippen molar-refractivity contribution in [3.05, 3.63) is 0 Å². The van der Waals surface area contributed by atoms with Crippen molar-refractivity contribution in [1.82, 2.24) is 4.90 Å². The van der Waals surface area contributed by atoms with Gasteiger partial charge in [0, 0.05) is 39.5 Å². The van der Waals surface area contributed by atoms with Crippen LogP contribution in [0.15, 0.2) is 0 Å². The lowest BCUT2D eigenvalue weighted by molar-refractivity contribution is 0.0705. The van der Waals surface area contributed by atoms with Crippen LogP contribution in [0.4, 0.5) is 0 Å².